The monoisotopic (exact) mass is 228 g/mol. The van der Waals surface area contributed by atoms with Crippen molar-refractivity contribution in [2.24, 2.45) is 0 Å². The molecule has 0 heterocycles. The van der Waals surface area contributed by atoms with Crippen molar-refractivity contribution < 1.29 is 24.1 Å². The number of halogens is 1. The van der Waals surface area contributed by atoms with Crippen molar-refractivity contribution in [3.05, 3.63) is 10.4 Å². The summed E-state index contributed by atoms with van der Waals surface area (Å²) in [5, 5.41) is 8.34. The highest BCUT2D eigenvalue weighted by Gasteiger charge is 2.14. The van der Waals surface area contributed by atoms with Gasteiger partial charge >= 0.3 is 5.97 Å². The molecule has 0 saturated heterocycles. The van der Waals surface area contributed by atoms with E-state index in [0.717, 1.165) is 12.3 Å². The topological polar surface area (TPSA) is 99.1 Å². The Morgan fingerprint density at radius 1 is 1.69 bits per heavy atom. The molecule has 0 saturated carbocycles. The normalized spacial score (nSPS) is 15.5. The van der Waals surface area contributed by atoms with Crippen molar-refractivity contribution >= 4 is 27.4 Å². The third-order valence-corrected chi connectivity index (χ3v) is 2.97. The van der Waals surface area contributed by atoms with Gasteiger partial charge in [-0.15, -0.1) is 0 Å². The number of aliphatic carboxylic acids is 1. The lowest BCUT2D eigenvalue weighted by atomic mass is 10.2. The molecule has 0 fully saturated rings. The number of hydrogen-bond donors (Lipinski definition) is 2. The van der Waals surface area contributed by atoms with E-state index in [1.807, 2.05) is 0 Å². The Bertz CT molecular complexity index is 322. The second kappa shape index (κ2) is 4.59. The summed E-state index contributed by atoms with van der Waals surface area (Å²) in [6, 6.07) is -0.639. The van der Waals surface area contributed by atoms with Crippen molar-refractivity contribution in [1.82, 2.24) is 0 Å². The van der Waals surface area contributed by atoms with Crippen LogP contribution in [0.2, 0.25) is 0 Å². The number of hydrogen-bond acceptors (Lipinski definition) is 3. The number of quaternary nitrogens is 1. The van der Waals surface area contributed by atoms with E-state index in [0.29, 0.717) is 0 Å². The van der Waals surface area contributed by atoms with Crippen LogP contribution in [-0.2, 0) is 14.6 Å². The van der Waals surface area contributed by atoms with Crippen LogP contribution in [0.5, 0.6) is 0 Å². The molecule has 0 aliphatic heterocycles. The lowest BCUT2D eigenvalue weighted by Gasteiger charge is -1.99. The van der Waals surface area contributed by atoms with Gasteiger partial charge < -0.3 is 10.8 Å². The van der Waals surface area contributed by atoms with Crippen LogP contribution in [0.3, 0.4) is 0 Å². The van der Waals surface area contributed by atoms with E-state index in [4.69, 9.17) is 16.7 Å². The van der Waals surface area contributed by atoms with Gasteiger partial charge in [0.15, 0.2) is 9.84 Å². The fourth-order valence-electron chi connectivity index (χ4n) is 0.592. The summed E-state index contributed by atoms with van der Waals surface area (Å²) < 4.78 is 21.2. The Morgan fingerprint density at radius 3 is 2.46 bits per heavy atom. The number of carbonyl (C=O) groups is 1. The fourth-order valence-corrected chi connectivity index (χ4v) is 1.21. The Labute approximate surface area is 81.1 Å². The SMILES string of the molecule is CS(=O)(=O)/C(Cl)=C/[C@@H]([NH3+])CC(=O)O. The average molecular weight is 229 g/mol. The van der Waals surface area contributed by atoms with Crippen LogP contribution >= 0.6 is 11.6 Å². The summed E-state index contributed by atoms with van der Waals surface area (Å²) in [6.07, 6.45) is 1.82. The smallest absolute Gasteiger partial charge is 0.309 e. The number of carboxylic acids is 1. The predicted octanol–water partition coefficient (Wildman–Crippen LogP) is -0.804. The van der Waals surface area contributed by atoms with E-state index in [9.17, 15) is 13.2 Å². The molecule has 0 aromatic heterocycles. The van der Waals surface area contributed by atoms with E-state index in [1.54, 1.807) is 0 Å². The minimum absolute atomic E-state index is 0.244. The molecule has 0 aromatic rings. The molecule has 0 amide bonds. The van der Waals surface area contributed by atoms with Gasteiger partial charge in [0.2, 0.25) is 0 Å². The maximum atomic E-state index is 10.8. The molecule has 0 aliphatic carbocycles. The van der Waals surface area contributed by atoms with Gasteiger partial charge in [-0.3, -0.25) is 4.79 Å². The second-order valence-corrected chi connectivity index (χ2v) is 5.22. The zero-order chi connectivity index (χ0) is 10.6. The van der Waals surface area contributed by atoms with Crippen molar-refractivity contribution in [2.75, 3.05) is 6.26 Å². The van der Waals surface area contributed by atoms with Gasteiger partial charge in [-0.05, 0) is 0 Å². The fraction of sp³-hybridized carbons (Fsp3) is 0.500. The van der Waals surface area contributed by atoms with E-state index in [2.05, 4.69) is 5.73 Å². The van der Waals surface area contributed by atoms with E-state index in [1.165, 1.54) is 0 Å². The molecule has 76 valence electrons. The number of carboxylic acid groups (broad SMARTS) is 1. The maximum absolute atomic E-state index is 10.8. The average Bonchev–Trinajstić information content (AvgIpc) is 1.82. The van der Waals surface area contributed by atoms with Crippen LogP contribution in [0.25, 0.3) is 0 Å². The molecule has 0 aromatic carbocycles. The van der Waals surface area contributed by atoms with Crippen LogP contribution in [0.15, 0.2) is 10.4 Å². The van der Waals surface area contributed by atoms with Crippen LogP contribution in [0, 0.1) is 0 Å². The van der Waals surface area contributed by atoms with Gasteiger partial charge in [0, 0.05) is 12.3 Å². The first-order valence-electron chi connectivity index (χ1n) is 3.35. The third-order valence-electron chi connectivity index (χ3n) is 1.16. The van der Waals surface area contributed by atoms with Crippen molar-refractivity contribution in [3.63, 3.8) is 0 Å². The van der Waals surface area contributed by atoms with Crippen molar-refractivity contribution in [2.45, 2.75) is 12.5 Å². The maximum Gasteiger partial charge on any atom is 0.309 e. The van der Waals surface area contributed by atoms with E-state index >= 15 is 0 Å². The molecular formula is C6H11ClNO4S+. The molecule has 0 aliphatic rings. The molecule has 13 heavy (non-hydrogen) atoms. The standard InChI is InChI=1S/C6H10ClNO4S/c1-13(11,12)5(7)2-4(8)3-6(9)10/h2,4H,3,8H2,1H3,(H,9,10)/p+1/b5-2+/t4-/m1/s1. The quantitative estimate of drug-likeness (QED) is 0.658. The summed E-state index contributed by atoms with van der Waals surface area (Å²) >= 11 is 5.38. The first-order valence-corrected chi connectivity index (χ1v) is 5.62. The molecular weight excluding hydrogens is 218 g/mol. The third kappa shape index (κ3) is 5.62. The first-order chi connectivity index (χ1) is 5.73. The first kappa shape index (κ1) is 12.4. The molecule has 5 nitrogen and oxygen atoms in total. The summed E-state index contributed by atoms with van der Waals surface area (Å²) in [6.45, 7) is 0. The molecule has 1 atom stereocenters. The Morgan fingerprint density at radius 2 is 2.15 bits per heavy atom. The molecule has 4 N–H and O–H groups in total. The lowest BCUT2D eigenvalue weighted by molar-refractivity contribution is -0.402. The Hall–Kier alpha value is -0.590. The Balaban J connectivity index is 4.49. The molecule has 0 spiro atoms. The minimum Gasteiger partial charge on any atom is -0.481 e. The predicted molar refractivity (Wildman–Crippen MR) is 47.7 cm³/mol. The highest BCUT2D eigenvalue weighted by atomic mass is 35.5. The zero-order valence-corrected chi connectivity index (χ0v) is 8.60. The molecule has 7 heteroatoms. The van der Waals surface area contributed by atoms with Gasteiger partial charge in [-0.25, -0.2) is 8.42 Å². The van der Waals surface area contributed by atoms with Gasteiger partial charge in [-0.1, -0.05) is 11.6 Å². The van der Waals surface area contributed by atoms with Crippen LogP contribution in [0.4, 0.5) is 0 Å². The minimum atomic E-state index is -3.44. The number of rotatable bonds is 4. The summed E-state index contributed by atoms with van der Waals surface area (Å²) in [5.41, 5.74) is 3.43. The Kier molecular flexibility index (Phi) is 4.38. The van der Waals surface area contributed by atoms with Gasteiger partial charge in [0.25, 0.3) is 0 Å². The summed E-state index contributed by atoms with van der Waals surface area (Å²) in [4.78, 5) is 10.2. The van der Waals surface area contributed by atoms with Crippen LogP contribution in [0.1, 0.15) is 6.42 Å². The molecule has 0 unspecified atom stereocenters. The van der Waals surface area contributed by atoms with Gasteiger partial charge in [0.1, 0.15) is 16.8 Å². The molecule has 0 bridgehead atoms. The van der Waals surface area contributed by atoms with Gasteiger partial charge in [-0.2, -0.15) is 0 Å². The summed E-state index contributed by atoms with van der Waals surface area (Å²) in [7, 11) is -3.44. The van der Waals surface area contributed by atoms with E-state index in [-0.39, 0.29) is 10.8 Å². The van der Waals surface area contributed by atoms with Crippen LogP contribution in [-0.4, -0.2) is 31.8 Å². The largest absolute Gasteiger partial charge is 0.481 e. The summed E-state index contributed by atoms with van der Waals surface area (Å²) in [5.74, 6) is -1.05. The zero-order valence-electron chi connectivity index (χ0n) is 7.03. The molecule has 0 radical (unpaired) electrons. The second-order valence-electron chi connectivity index (χ2n) is 2.60. The van der Waals surface area contributed by atoms with E-state index < -0.39 is 21.8 Å². The molecule has 0 rings (SSSR count). The highest BCUT2D eigenvalue weighted by molar-refractivity contribution is 7.96. The van der Waals surface area contributed by atoms with Crippen molar-refractivity contribution in [1.29, 1.82) is 0 Å². The van der Waals surface area contributed by atoms with Gasteiger partial charge in [0.05, 0.1) is 0 Å². The van der Waals surface area contributed by atoms with Crippen LogP contribution < -0.4 is 5.73 Å². The number of sulfone groups is 1. The highest BCUT2D eigenvalue weighted by Crippen LogP contribution is 2.10. The van der Waals surface area contributed by atoms with Crippen molar-refractivity contribution in [3.8, 4) is 0 Å². The lowest BCUT2D eigenvalue weighted by Crippen LogP contribution is -2.60.